The Morgan fingerprint density at radius 3 is 1.39 bits per heavy atom. The zero-order chi connectivity index (χ0) is 19.1. The number of hydrogen-bond donors (Lipinski definition) is 0. The Kier molecular flexibility index (Phi) is 12.5. The number of aryl methyl sites for hydroxylation is 4. The van der Waals surface area contributed by atoms with Gasteiger partial charge in [0.1, 0.15) is 0 Å². The third kappa shape index (κ3) is 6.39. The van der Waals surface area contributed by atoms with Gasteiger partial charge in [0.25, 0.3) is 0 Å². The molecule has 0 aromatic heterocycles. The summed E-state index contributed by atoms with van der Waals surface area (Å²) in [6.45, 7) is 11.8. The van der Waals surface area contributed by atoms with Crippen LogP contribution >= 0.6 is 0 Å². The third-order valence-electron chi connectivity index (χ3n) is 4.73. The summed E-state index contributed by atoms with van der Waals surface area (Å²) in [5.41, 5.74) is 5.65. The summed E-state index contributed by atoms with van der Waals surface area (Å²) < 4.78 is 0. The maximum absolute atomic E-state index is 3.06. The van der Waals surface area contributed by atoms with E-state index in [4.69, 9.17) is 0 Å². The van der Waals surface area contributed by atoms with Crippen LogP contribution in [-0.4, -0.2) is 6.88 Å². The molecular weight excluding hydrogens is 432 g/mol. The minimum absolute atomic E-state index is 0. The molecule has 0 bridgehead atoms. The molecule has 0 heterocycles. The molecule has 0 saturated carbocycles. The van der Waals surface area contributed by atoms with Crippen LogP contribution in [0.4, 0.5) is 0 Å². The molecule has 2 heteroatoms. The van der Waals surface area contributed by atoms with Crippen molar-refractivity contribution in [3.05, 3.63) is 97.8 Å². The first-order valence-corrected chi connectivity index (χ1v) is 13.4. The van der Waals surface area contributed by atoms with Crippen molar-refractivity contribution in [2.75, 3.05) is 0 Å². The first-order valence-electron chi connectivity index (χ1n) is 9.17. The van der Waals surface area contributed by atoms with Crippen molar-refractivity contribution < 1.29 is 23.3 Å². The van der Waals surface area contributed by atoms with Crippen LogP contribution in [0, 0.1) is 28.7 Å². The van der Waals surface area contributed by atoms with Crippen LogP contribution in [0.1, 0.15) is 36.1 Å². The predicted octanol–water partition coefficient (Wildman–Crippen LogP) is 7.38. The van der Waals surface area contributed by atoms with Crippen molar-refractivity contribution >= 4 is 28.4 Å². The molecule has 0 aliphatic rings. The summed E-state index contributed by atoms with van der Waals surface area (Å²) >= 11 is 1.36. The first kappa shape index (κ1) is 26.8. The molecule has 0 atom stereocenters. The molecule has 4 aromatic carbocycles. The Morgan fingerprint density at radius 1 is 0.714 bits per heavy atom. The average Bonchev–Trinajstić information content (AvgIpc) is 3.23. The Balaban J connectivity index is 0.000000449. The summed E-state index contributed by atoms with van der Waals surface area (Å²) in [5, 5.41) is 5.62. The molecule has 0 amide bonds. The van der Waals surface area contributed by atoms with Gasteiger partial charge < -0.3 is 14.9 Å². The van der Waals surface area contributed by atoms with E-state index in [1.165, 1.54) is 67.1 Å². The maximum atomic E-state index is 3.06. The molecule has 0 aliphatic carbocycles. The number of rotatable bonds is 2. The van der Waals surface area contributed by atoms with Crippen LogP contribution in [0.15, 0.2) is 60.7 Å². The number of hydrogen-bond acceptors (Lipinski definition) is 0. The normalized spacial score (nSPS) is 9.39. The molecule has 0 spiro atoms. The minimum atomic E-state index is 0. The van der Waals surface area contributed by atoms with Crippen LogP contribution in [0.5, 0.6) is 0 Å². The second-order valence-electron chi connectivity index (χ2n) is 6.61. The van der Waals surface area contributed by atoms with E-state index in [1.807, 2.05) is 0 Å². The van der Waals surface area contributed by atoms with Crippen molar-refractivity contribution in [1.29, 1.82) is 0 Å². The van der Waals surface area contributed by atoms with Gasteiger partial charge in [-0.1, -0.05) is 51.0 Å². The summed E-state index contributed by atoms with van der Waals surface area (Å²) in [7, 11) is 0. The van der Waals surface area contributed by atoms with Gasteiger partial charge in [-0.25, -0.2) is 0 Å². The fourth-order valence-electron chi connectivity index (χ4n) is 3.52. The van der Waals surface area contributed by atoms with Gasteiger partial charge in [0.2, 0.25) is 0 Å². The fourth-order valence-corrected chi connectivity index (χ4v) is 3.52. The molecule has 4 rings (SSSR count). The Morgan fingerprint density at radius 2 is 1.07 bits per heavy atom. The SMILES string of the molecule is CCc1cccc2[cH-]c(C)cc12.CCc1cccc2[cH-]c(C)cc12.[CH3-].[CH3-].[Si]=[Zr]. The van der Waals surface area contributed by atoms with Crippen molar-refractivity contribution in [3.63, 3.8) is 0 Å². The zero-order valence-corrected chi connectivity index (χ0v) is 21.6. The van der Waals surface area contributed by atoms with Gasteiger partial charge in [-0.3, -0.25) is 0 Å². The van der Waals surface area contributed by atoms with Gasteiger partial charge in [0.05, 0.1) is 0 Å². The van der Waals surface area contributed by atoms with E-state index in [9.17, 15) is 0 Å². The molecule has 28 heavy (non-hydrogen) atoms. The zero-order valence-electron chi connectivity index (χ0n) is 18.2. The topological polar surface area (TPSA) is 0 Å². The molecule has 0 saturated heterocycles. The van der Waals surface area contributed by atoms with E-state index >= 15 is 0 Å². The van der Waals surface area contributed by atoms with Gasteiger partial charge in [0, 0.05) is 0 Å². The molecule has 0 N–H and O–H groups in total. The Bertz CT molecular complexity index is 895. The second kappa shape index (κ2) is 13.1. The molecular formula is C26H32SiZr-4. The second-order valence-corrected chi connectivity index (χ2v) is 6.61. The van der Waals surface area contributed by atoms with Gasteiger partial charge in [0.15, 0.2) is 0 Å². The van der Waals surface area contributed by atoms with Gasteiger partial charge >= 0.3 is 30.2 Å². The standard InChI is InChI=1S/2C12H13.2CH3.Si.Zr/c2*1-3-10-5-4-6-11-7-9(2)8-12(10)11;;;;/h2*4-8H,3H2,1-2H3;2*1H3;;/q4*-1;;. The van der Waals surface area contributed by atoms with Crippen LogP contribution < -0.4 is 0 Å². The van der Waals surface area contributed by atoms with Crippen molar-refractivity contribution in [3.8, 4) is 0 Å². The van der Waals surface area contributed by atoms with E-state index in [2.05, 4.69) is 95.2 Å². The molecule has 0 fully saturated rings. The van der Waals surface area contributed by atoms with Crippen molar-refractivity contribution in [1.82, 2.24) is 0 Å². The van der Waals surface area contributed by atoms with E-state index in [0.29, 0.717) is 0 Å². The van der Waals surface area contributed by atoms with Crippen LogP contribution in [0.25, 0.3) is 21.5 Å². The third-order valence-corrected chi connectivity index (χ3v) is 4.73. The molecule has 0 aliphatic heterocycles. The van der Waals surface area contributed by atoms with Gasteiger partial charge in [-0.05, 0) is 12.8 Å². The quantitative estimate of drug-likeness (QED) is 0.215. The fraction of sp³-hybridized carbons (Fsp3) is 0.231. The molecule has 2 radical (unpaired) electrons. The molecule has 148 valence electrons. The van der Waals surface area contributed by atoms with Crippen LogP contribution in [-0.2, 0) is 36.2 Å². The molecule has 0 nitrogen and oxygen atoms in total. The summed E-state index contributed by atoms with van der Waals surface area (Å²) in [5.74, 6) is 0. The number of fused-ring (bicyclic) bond motifs is 2. The van der Waals surface area contributed by atoms with E-state index < -0.39 is 0 Å². The van der Waals surface area contributed by atoms with Crippen LogP contribution in [0.3, 0.4) is 0 Å². The van der Waals surface area contributed by atoms with Crippen LogP contribution in [0.2, 0.25) is 0 Å². The van der Waals surface area contributed by atoms with Gasteiger partial charge in [-0.2, -0.15) is 12.1 Å². The van der Waals surface area contributed by atoms with E-state index in [1.54, 1.807) is 0 Å². The van der Waals surface area contributed by atoms with E-state index in [-0.39, 0.29) is 14.9 Å². The Labute approximate surface area is 189 Å². The Hall–Kier alpha value is -1.24. The molecule has 4 aromatic rings. The first-order chi connectivity index (χ1) is 12.6. The predicted molar refractivity (Wildman–Crippen MR) is 126 cm³/mol. The summed E-state index contributed by atoms with van der Waals surface area (Å²) in [6, 6.07) is 22.1. The summed E-state index contributed by atoms with van der Waals surface area (Å²) in [4.78, 5) is 0. The summed E-state index contributed by atoms with van der Waals surface area (Å²) in [6.07, 6.45) is 2.25. The van der Waals surface area contributed by atoms with Gasteiger partial charge in [-0.15, -0.1) is 69.1 Å². The monoisotopic (exact) mass is 462 g/mol. The number of benzene rings is 2. The van der Waals surface area contributed by atoms with Crippen molar-refractivity contribution in [2.24, 2.45) is 0 Å². The van der Waals surface area contributed by atoms with E-state index in [0.717, 1.165) is 12.8 Å². The van der Waals surface area contributed by atoms with Crippen molar-refractivity contribution in [2.45, 2.75) is 40.5 Å². The average molecular weight is 464 g/mol. The molecule has 0 unspecified atom stereocenters.